The summed E-state index contributed by atoms with van der Waals surface area (Å²) in [4.78, 5) is 0. The third-order valence-corrected chi connectivity index (χ3v) is 2.44. The van der Waals surface area contributed by atoms with Crippen molar-refractivity contribution in [2.24, 2.45) is 0 Å². The van der Waals surface area contributed by atoms with E-state index in [0.717, 1.165) is 12.1 Å². The van der Waals surface area contributed by atoms with Gasteiger partial charge in [-0.1, -0.05) is 54.6 Å². The van der Waals surface area contributed by atoms with Gasteiger partial charge in [-0.3, -0.25) is 0 Å². The zero-order valence-corrected chi connectivity index (χ0v) is 9.14. The number of anilines is 1. The van der Waals surface area contributed by atoms with Gasteiger partial charge in [-0.25, -0.2) is 0 Å². The quantitative estimate of drug-likeness (QED) is 0.769. The van der Waals surface area contributed by atoms with Crippen LogP contribution in [-0.2, 0) is 6.42 Å². The van der Waals surface area contributed by atoms with Gasteiger partial charge in [0.2, 0.25) is 0 Å². The molecule has 0 aliphatic carbocycles. The minimum atomic E-state index is 0.806. The van der Waals surface area contributed by atoms with Crippen LogP contribution in [0.15, 0.2) is 60.7 Å². The summed E-state index contributed by atoms with van der Waals surface area (Å²) in [7, 11) is 0. The lowest BCUT2D eigenvalue weighted by Crippen LogP contribution is -1.83. The van der Waals surface area contributed by atoms with E-state index >= 15 is 0 Å². The molecule has 0 bridgehead atoms. The normalized spacial score (nSPS) is 10.8. The van der Waals surface area contributed by atoms with Gasteiger partial charge in [0.15, 0.2) is 0 Å². The van der Waals surface area contributed by atoms with Crippen LogP contribution in [-0.4, -0.2) is 0 Å². The molecule has 0 fully saturated rings. The predicted octanol–water partition coefficient (Wildman–Crippen LogP) is 3.52. The molecule has 16 heavy (non-hydrogen) atoms. The summed E-state index contributed by atoms with van der Waals surface area (Å²) in [6.07, 6.45) is 5.25. The Morgan fingerprint density at radius 1 is 0.875 bits per heavy atom. The minimum Gasteiger partial charge on any atom is -0.399 e. The van der Waals surface area contributed by atoms with E-state index in [9.17, 15) is 0 Å². The second kappa shape index (κ2) is 5.17. The molecule has 2 aromatic carbocycles. The molecule has 0 heterocycles. The molecule has 0 spiro atoms. The third-order valence-electron chi connectivity index (χ3n) is 2.44. The van der Waals surface area contributed by atoms with Crippen molar-refractivity contribution in [1.29, 1.82) is 0 Å². The number of rotatable bonds is 3. The molecule has 80 valence electrons. The molecule has 2 N–H and O–H groups in total. The highest BCUT2D eigenvalue weighted by atomic mass is 14.5. The molecule has 0 amide bonds. The van der Waals surface area contributed by atoms with Crippen LogP contribution in [0.3, 0.4) is 0 Å². The van der Waals surface area contributed by atoms with Gasteiger partial charge in [-0.05, 0) is 29.7 Å². The molecule has 0 unspecified atom stereocenters. The van der Waals surface area contributed by atoms with Crippen LogP contribution in [0.4, 0.5) is 5.69 Å². The Hall–Kier alpha value is -2.02. The molecule has 2 aromatic rings. The summed E-state index contributed by atoms with van der Waals surface area (Å²) in [5.41, 5.74) is 8.94. The molecule has 2 rings (SSSR count). The number of hydrogen-bond acceptors (Lipinski definition) is 1. The molecule has 1 nitrogen and oxygen atoms in total. The van der Waals surface area contributed by atoms with E-state index < -0.39 is 0 Å². The second-order valence-electron chi connectivity index (χ2n) is 3.76. The van der Waals surface area contributed by atoms with Crippen molar-refractivity contribution >= 4 is 11.8 Å². The van der Waals surface area contributed by atoms with E-state index in [0.29, 0.717) is 0 Å². The molecule has 1 heteroatoms. The van der Waals surface area contributed by atoms with E-state index in [1.165, 1.54) is 11.1 Å². The van der Waals surface area contributed by atoms with Gasteiger partial charge in [0, 0.05) is 5.69 Å². The van der Waals surface area contributed by atoms with Crippen molar-refractivity contribution in [2.75, 3.05) is 5.73 Å². The molecule has 0 aliphatic heterocycles. The topological polar surface area (TPSA) is 26.0 Å². The lowest BCUT2D eigenvalue weighted by Gasteiger charge is -1.96. The molecule has 0 saturated carbocycles. The Bertz CT molecular complexity index is 455. The number of hydrogen-bond donors (Lipinski definition) is 1. The minimum absolute atomic E-state index is 0.806. The summed E-state index contributed by atoms with van der Waals surface area (Å²) in [5, 5.41) is 0. The third kappa shape index (κ3) is 2.99. The average molecular weight is 209 g/mol. The smallest absolute Gasteiger partial charge is 0.0314 e. The molecule has 0 aliphatic rings. The monoisotopic (exact) mass is 209 g/mol. The lowest BCUT2D eigenvalue weighted by atomic mass is 10.1. The lowest BCUT2D eigenvalue weighted by molar-refractivity contribution is 1.28. The van der Waals surface area contributed by atoms with Gasteiger partial charge in [-0.2, -0.15) is 0 Å². The van der Waals surface area contributed by atoms with E-state index in [1.54, 1.807) is 0 Å². The fraction of sp³-hybridized carbons (Fsp3) is 0.0667. The summed E-state index contributed by atoms with van der Waals surface area (Å²) in [6.45, 7) is 0. The highest BCUT2D eigenvalue weighted by Crippen LogP contribution is 2.08. The summed E-state index contributed by atoms with van der Waals surface area (Å²) in [5.74, 6) is 0. The first-order chi connectivity index (χ1) is 7.84. The van der Waals surface area contributed by atoms with Gasteiger partial charge in [0.05, 0.1) is 0 Å². The predicted molar refractivity (Wildman–Crippen MR) is 70.0 cm³/mol. The van der Waals surface area contributed by atoms with Crippen molar-refractivity contribution in [2.45, 2.75) is 6.42 Å². The van der Waals surface area contributed by atoms with Crippen LogP contribution in [0.5, 0.6) is 0 Å². The number of allylic oxidation sites excluding steroid dienone is 1. The Morgan fingerprint density at radius 3 is 2.25 bits per heavy atom. The maximum atomic E-state index is 5.62. The molecule has 0 atom stereocenters. The summed E-state index contributed by atoms with van der Waals surface area (Å²) >= 11 is 0. The van der Waals surface area contributed by atoms with Gasteiger partial charge < -0.3 is 5.73 Å². The largest absolute Gasteiger partial charge is 0.399 e. The fourth-order valence-electron chi connectivity index (χ4n) is 1.55. The van der Waals surface area contributed by atoms with E-state index in [4.69, 9.17) is 5.73 Å². The van der Waals surface area contributed by atoms with Crippen molar-refractivity contribution in [3.05, 3.63) is 71.8 Å². The van der Waals surface area contributed by atoms with Crippen molar-refractivity contribution < 1.29 is 0 Å². The highest BCUT2D eigenvalue weighted by molar-refractivity contribution is 5.53. The molecule has 0 radical (unpaired) electrons. The van der Waals surface area contributed by atoms with E-state index in [-0.39, 0.29) is 0 Å². The highest BCUT2D eigenvalue weighted by Gasteiger charge is 1.88. The number of benzene rings is 2. The van der Waals surface area contributed by atoms with Gasteiger partial charge >= 0.3 is 0 Å². The first kappa shape index (κ1) is 10.5. The van der Waals surface area contributed by atoms with Gasteiger partial charge in [0.25, 0.3) is 0 Å². The van der Waals surface area contributed by atoms with Crippen molar-refractivity contribution in [1.82, 2.24) is 0 Å². The van der Waals surface area contributed by atoms with Crippen LogP contribution in [0.25, 0.3) is 6.08 Å². The Labute approximate surface area is 96.2 Å². The maximum Gasteiger partial charge on any atom is 0.0314 e. The average Bonchev–Trinajstić information content (AvgIpc) is 2.33. The second-order valence-corrected chi connectivity index (χ2v) is 3.76. The van der Waals surface area contributed by atoms with Gasteiger partial charge in [-0.15, -0.1) is 0 Å². The van der Waals surface area contributed by atoms with Gasteiger partial charge in [0.1, 0.15) is 0 Å². The van der Waals surface area contributed by atoms with E-state index in [2.05, 4.69) is 36.4 Å². The molecule has 0 saturated heterocycles. The zero-order chi connectivity index (χ0) is 11.2. The van der Waals surface area contributed by atoms with Crippen LogP contribution in [0, 0.1) is 0 Å². The van der Waals surface area contributed by atoms with Crippen molar-refractivity contribution in [3.8, 4) is 0 Å². The number of nitrogen functional groups attached to an aromatic ring is 1. The fourth-order valence-corrected chi connectivity index (χ4v) is 1.55. The van der Waals surface area contributed by atoms with Crippen molar-refractivity contribution in [3.63, 3.8) is 0 Å². The van der Waals surface area contributed by atoms with Crippen LogP contribution in [0.1, 0.15) is 11.1 Å². The van der Waals surface area contributed by atoms with Crippen LogP contribution >= 0.6 is 0 Å². The Balaban J connectivity index is 1.98. The first-order valence-corrected chi connectivity index (χ1v) is 5.40. The SMILES string of the molecule is Nc1ccc(C=CCc2ccccc2)cc1. The maximum absolute atomic E-state index is 5.62. The van der Waals surface area contributed by atoms with E-state index in [1.807, 2.05) is 30.3 Å². The summed E-state index contributed by atoms with van der Waals surface area (Å²) in [6, 6.07) is 18.3. The number of nitrogens with two attached hydrogens (primary N) is 1. The Morgan fingerprint density at radius 2 is 1.56 bits per heavy atom. The summed E-state index contributed by atoms with van der Waals surface area (Å²) < 4.78 is 0. The molecule has 0 aromatic heterocycles. The molecular weight excluding hydrogens is 194 g/mol. The molecular formula is C15H15N. The zero-order valence-electron chi connectivity index (χ0n) is 9.14. The van der Waals surface area contributed by atoms with Crippen LogP contribution < -0.4 is 5.73 Å². The van der Waals surface area contributed by atoms with Crippen LogP contribution in [0.2, 0.25) is 0 Å². The standard InChI is InChI=1S/C15H15N/c16-15-11-9-14(10-12-15)8-4-7-13-5-2-1-3-6-13/h1-6,8-12H,7,16H2. The Kier molecular flexibility index (Phi) is 3.39. The first-order valence-electron chi connectivity index (χ1n) is 5.40.